The number of carbonyl (C=O) groups excluding carboxylic acids is 2. The zero-order valence-corrected chi connectivity index (χ0v) is 16.4. The summed E-state index contributed by atoms with van der Waals surface area (Å²) in [5.74, 6) is 0.702. The Hall–Kier alpha value is -2.82. The molecule has 148 valence electrons. The van der Waals surface area contributed by atoms with Gasteiger partial charge in [-0.3, -0.25) is 9.59 Å². The summed E-state index contributed by atoms with van der Waals surface area (Å²) >= 11 is 0. The molecule has 0 bridgehead atoms. The molecule has 0 saturated carbocycles. The van der Waals surface area contributed by atoms with E-state index in [0.29, 0.717) is 30.7 Å². The van der Waals surface area contributed by atoms with Gasteiger partial charge in [-0.2, -0.15) is 0 Å². The van der Waals surface area contributed by atoms with Gasteiger partial charge in [0, 0.05) is 19.5 Å². The number of para-hydroxylation sites is 1. The molecule has 2 aromatic carbocycles. The monoisotopic (exact) mass is 380 g/mol. The summed E-state index contributed by atoms with van der Waals surface area (Å²) in [6.07, 6.45) is 4.22. The van der Waals surface area contributed by atoms with Gasteiger partial charge in [0.2, 0.25) is 5.91 Å². The van der Waals surface area contributed by atoms with Crippen LogP contribution in [-0.2, 0) is 4.79 Å². The second kappa shape index (κ2) is 9.93. The number of hydrogen-bond donors (Lipinski definition) is 1. The summed E-state index contributed by atoms with van der Waals surface area (Å²) in [6.45, 7) is 4.09. The topological polar surface area (TPSA) is 58.6 Å². The van der Waals surface area contributed by atoms with Crippen molar-refractivity contribution < 1.29 is 14.3 Å². The lowest BCUT2D eigenvalue weighted by molar-refractivity contribution is -0.116. The molecule has 1 N–H and O–H groups in total. The van der Waals surface area contributed by atoms with Crippen LogP contribution in [0.3, 0.4) is 0 Å². The van der Waals surface area contributed by atoms with E-state index in [1.165, 1.54) is 12.0 Å². The number of hydrogen-bond acceptors (Lipinski definition) is 3. The Labute approximate surface area is 166 Å². The summed E-state index contributed by atoms with van der Waals surface area (Å²) in [7, 11) is 0. The van der Waals surface area contributed by atoms with Crippen LogP contribution in [0.2, 0.25) is 0 Å². The Bertz CT molecular complexity index is 796. The first-order valence-electron chi connectivity index (χ1n) is 10.0. The number of rotatable bonds is 7. The van der Waals surface area contributed by atoms with Gasteiger partial charge in [-0.15, -0.1) is 0 Å². The van der Waals surface area contributed by atoms with Crippen LogP contribution >= 0.6 is 0 Å². The van der Waals surface area contributed by atoms with Gasteiger partial charge in [0.15, 0.2) is 0 Å². The number of benzene rings is 2. The second-order valence-corrected chi connectivity index (χ2v) is 7.21. The Morgan fingerprint density at radius 1 is 1.00 bits per heavy atom. The molecule has 0 radical (unpaired) electrons. The molecule has 0 aromatic heterocycles. The summed E-state index contributed by atoms with van der Waals surface area (Å²) in [4.78, 5) is 27.0. The first-order valence-corrected chi connectivity index (χ1v) is 10.0. The maximum Gasteiger partial charge on any atom is 0.255 e. The zero-order chi connectivity index (χ0) is 19.8. The fraction of sp³-hybridized carbons (Fsp3) is 0.391. The minimum absolute atomic E-state index is 0.00157. The Morgan fingerprint density at radius 2 is 1.71 bits per heavy atom. The molecular formula is C23H28N2O3. The lowest BCUT2D eigenvalue weighted by Crippen LogP contribution is -2.36. The third-order valence-electron chi connectivity index (χ3n) is 4.91. The number of nitrogens with zero attached hydrogens (tertiary/aromatic N) is 1. The predicted molar refractivity (Wildman–Crippen MR) is 111 cm³/mol. The van der Waals surface area contributed by atoms with Crippen LogP contribution in [0.15, 0.2) is 48.5 Å². The molecule has 0 atom stereocenters. The van der Waals surface area contributed by atoms with Crippen LogP contribution in [0.25, 0.3) is 0 Å². The summed E-state index contributed by atoms with van der Waals surface area (Å²) in [5.41, 5.74) is 2.33. The number of aryl methyl sites for hydroxylation is 1. The van der Waals surface area contributed by atoms with E-state index in [2.05, 4.69) is 5.32 Å². The fourth-order valence-corrected chi connectivity index (χ4v) is 3.32. The van der Waals surface area contributed by atoms with Crippen molar-refractivity contribution in [3.63, 3.8) is 0 Å². The molecule has 2 amide bonds. The van der Waals surface area contributed by atoms with E-state index in [4.69, 9.17) is 4.74 Å². The average Bonchev–Trinajstić information content (AvgIpc) is 2.73. The molecular weight excluding hydrogens is 352 g/mol. The summed E-state index contributed by atoms with van der Waals surface area (Å²) in [6, 6.07) is 15.1. The van der Waals surface area contributed by atoms with Crippen molar-refractivity contribution >= 4 is 17.5 Å². The number of carbonyl (C=O) groups is 2. The third-order valence-corrected chi connectivity index (χ3v) is 4.91. The van der Waals surface area contributed by atoms with Crippen molar-refractivity contribution in [2.24, 2.45) is 0 Å². The van der Waals surface area contributed by atoms with E-state index >= 15 is 0 Å². The smallest absolute Gasteiger partial charge is 0.255 e. The molecule has 1 saturated heterocycles. The van der Waals surface area contributed by atoms with E-state index in [1.807, 2.05) is 48.2 Å². The first-order chi connectivity index (χ1) is 13.6. The highest BCUT2D eigenvalue weighted by atomic mass is 16.5. The minimum Gasteiger partial charge on any atom is -0.494 e. The van der Waals surface area contributed by atoms with Crippen molar-refractivity contribution in [1.82, 2.24) is 4.90 Å². The fourth-order valence-electron chi connectivity index (χ4n) is 3.32. The lowest BCUT2D eigenvalue weighted by atomic mass is 10.1. The molecule has 1 aliphatic heterocycles. The van der Waals surface area contributed by atoms with E-state index in [1.54, 1.807) is 12.1 Å². The number of likely N-dealkylation sites (tertiary alicyclic amines) is 1. The van der Waals surface area contributed by atoms with Crippen molar-refractivity contribution in [3.05, 3.63) is 59.7 Å². The van der Waals surface area contributed by atoms with E-state index in [-0.39, 0.29) is 11.8 Å². The van der Waals surface area contributed by atoms with Gasteiger partial charge < -0.3 is 15.0 Å². The van der Waals surface area contributed by atoms with Gasteiger partial charge in [-0.25, -0.2) is 0 Å². The Morgan fingerprint density at radius 3 is 2.46 bits per heavy atom. The number of nitrogens with one attached hydrogen (secondary N) is 1. The minimum atomic E-state index is -0.105. The lowest BCUT2D eigenvalue weighted by Gasteiger charge is -2.27. The quantitative estimate of drug-likeness (QED) is 0.724. The van der Waals surface area contributed by atoms with Crippen molar-refractivity contribution in [2.75, 3.05) is 25.0 Å². The van der Waals surface area contributed by atoms with Crippen molar-refractivity contribution in [2.45, 2.75) is 39.0 Å². The molecule has 0 aliphatic carbocycles. The zero-order valence-electron chi connectivity index (χ0n) is 16.4. The summed E-state index contributed by atoms with van der Waals surface area (Å²) in [5, 5.41) is 2.89. The predicted octanol–water partition coefficient (Wildman–Crippen LogP) is 4.42. The highest BCUT2D eigenvalue weighted by molar-refractivity contribution is 6.03. The highest BCUT2D eigenvalue weighted by Crippen LogP contribution is 2.20. The number of anilines is 1. The van der Waals surface area contributed by atoms with Gasteiger partial charge in [0.05, 0.1) is 17.9 Å². The molecule has 1 fully saturated rings. The highest BCUT2D eigenvalue weighted by Gasteiger charge is 2.21. The van der Waals surface area contributed by atoms with Crippen molar-refractivity contribution in [3.8, 4) is 5.75 Å². The molecule has 2 aromatic rings. The van der Waals surface area contributed by atoms with E-state index in [0.717, 1.165) is 31.7 Å². The standard InChI is InChI=1S/C23H28N2O3/c1-18-11-13-19(14-12-18)28-17-7-10-22(26)24-21-9-4-3-8-20(21)23(27)25-15-5-2-6-16-25/h3-4,8-9,11-14H,2,5-7,10,15-17H2,1H3,(H,24,26). The Kier molecular flexibility index (Phi) is 7.06. The molecule has 28 heavy (non-hydrogen) atoms. The van der Waals surface area contributed by atoms with Crippen LogP contribution in [0, 0.1) is 6.92 Å². The maximum absolute atomic E-state index is 12.8. The van der Waals surface area contributed by atoms with Gasteiger partial charge in [0.1, 0.15) is 5.75 Å². The second-order valence-electron chi connectivity index (χ2n) is 7.21. The normalized spacial score (nSPS) is 13.8. The largest absolute Gasteiger partial charge is 0.494 e. The van der Waals surface area contributed by atoms with Gasteiger partial charge >= 0.3 is 0 Å². The van der Waals surface area contributed by atoms with Crippen LogP contribution in [-0.4, -0.2) is 36.4 Å². The van der Waals surface area contributed by atoms with E-state index in [9.17, 15) is 9.59 Å². The molecule has 0 unspecified atom stereocenters. The van der Waals surface area contributed by atoms with Crippen LogP contribution in [0.1, 0.15) is 48.0 Å². The van der Waals surface area contributed by atoms with Crippen LogP contribution in [0.4, 0.5) is 5.69 Å². The van der Waals surface area contributed by atoms with Gasteiger partial charge in [-0.05, 0) is 56.9 Å². The number of ether oxygens (including phenoxy) is 1. The number of amides is 2. The SMILES string of the molecule is Cc1ccc(OCCCC(=O)Nc2ccccc2C(=O)N2CCCCC2)cc1. The molecule has 1 aliphatic rings. The summed E-state index contributed by atoms with van der Waals surface area (Å²) < 4.78 is 5.66. The average molecular weight is 380 g/mol. The molecule has 5 nitrogen and oxygen atoms in total. The van der Waals surface area contributed by atoms with Crippen LogP contribution < -0.4 is 10.1 Å². The molecule has 1 heterocycles. The molecule has 0 spiro atoms. The molecule has 5 heteroatoms. The van der Waals surface area contributed by atoms with Gasteiger partial charge in [-0.1, -0.05) is 29.8 Å². The first kappa shape index (κ1) is 19.9. The van der Waals surface area contributed by atoms with E-state index < -0.39 is 0 Å². The van der Waals surface area contributed by atoms with Crippen LogP contribution in [0.5, 0.6) is 5.75 Å². The van der Waals surface area contributed by atoms with Crippen molar-refractivity contribution in [1.29, 1.82) is 0 Å². The Balaban J connectivity index is 1.49. The third kappa shape index (κ3) is 5.59. The number of piperidine rings is 1. The van der Waals surface area contributed by atoms with Gasteiger partial charge in [0.25, 0.3) is 5.91 Å². The maximum atomic E-state index is 12.8. The molecule has 3 rings (SSSR count).